The second kappa shape index (κ2) is 9.57. The summed E-state index contributed by atoms with van der Waals surface area (Å²) in [4.78, 5) is 17.6. The van der Waals surface area contributed by atoms with E-state index in [1.165, 1.54) is 11.1 Å². The molecule has 1 amide bonds. The topological polar surface area (TPSA) is 56.1 Å². The van der Waals surface area contributed by atoms with Crippen molar-refractivity contribution in [2.75, 3.05) is 6.61 Å². The molecule has 0 aliphatic heterocycles. The number of rotatable bonds is 7. The number of nitrogens with one attached hydrogen (secondary N) is 1. The summed E-state index contributed by atoms with van der Waals surface area (Å²) < 4.78 is 9.02. The smallest absolute Gasteiger partial charge is 0.251 e. The summed E-state index contributed by atoms with van der Waals surface area (Å²) in [5.41, 5.74) is 4.98. The van der Waals surface area contributed by atoms with Gasteiger partial charge in [-0.05, 0) is 74.4 Å². The van der Waals surface area contributed by atoms with E-state index in [2.05, 4.69) is 51.8 Å². The van der Waals surface area contributed by atoms with Crippen molar-refractivity contribution in [3.8, 4) is 5.75 Å². The molecule has 6 heteroatoms. The van der Waals surface area contributed by atoms with Gasteiger partial charge in [0.1, 0.15) is 18.2 Å². The standard InChI is InChI=1S/C26H26BrN3O2/c1-17-11-12-22(15-18(17)2)32-14-13-30-24-10-5-4-9-23(24)29-25(30)19(3)28-26(31)20-7-6-8-21(27)16-20/h4-12,15-16,19H,13-14H2,1-3H3,(H,28,31). The van der Waals surface area contributed by atoms with Crippen molar-refractivity contribution >= 4 is 32.9 Å². The van der Waals surface area contributed by atoms with Crippen molar-refractivity contribution in [3.63, 3.8) is 0 Å². The monoisotopic (exact) mass is 491 g/mol. The Morgan fingerprint density at radius 2 is 1.88 bits per heavy atom. The molecule has 5 nitrogen and oxygen atoms in total. The minimum Gasteiger partial charge on any atom is -0.492 e. The van der Waals surface area contributed by atoms with Crippen LogP contribution in [0.2, 0.25) is 0 Å². The highest BCUT2D eigenvalue weighted by Gasteiger charge is 2.19. The zero-order valence-corrected chi connectivity index (χ0v) is 20.0. The Morgan fingerprint density at radius 3 is 2.66 bits per heavy atom. The fraction of sp³-hybridized carbons (Fsp3) is 0.231. The minimum absolute atomic E-state index is 0.135. The van der Waals surface area contributed by atoms with Crippen molar-refractivity contribution in [3.05, 3.63) is 93.7 Å². The predicted octanol–water partition coefficient (Wildman–Crippen LogP) is 5.99. The average molecular weight is 492 g/mol. The molecule has 4 rings (SSSR count). The molecule has 0 radical (unpaired) electrons. The molecule has 0 aliphatic rings. The number of carbonyl (C=O) groups is 1. The highest BCUT2D eigenvalue weighted by atomic mass is 79.9. The fourth-order valence-electron chi connectivity index (χ4n) is 3.69. The molecule has 0 bridgehead atoms. The van der Waals surface area contributed by atoms with Crippen molar-refractivity contribution in [1.82, 2.24) is 14.9 Å². The van der Waals surface area contributed by atoms with Crippen LogP contribution in [0.5, 0.6) is 5.75 Å². The van der Waals surface area contributed by atoms with Crippen molar-refractivity contribution in [1.29, 1.82) is 0 Å². The van der Waals surface area contributed by atoms with Crippen LogP contribution in [0.15, 0.2) is 71.2 Å². The van der Waals surface area contributed by atoms with Crippen LogP contribution in [0.25, 0.3) is 11.0 Å². The molecule has 0 saturated heterocycles. The summed E-state index contributed by atoms with van der Waals surface area (Å²) in [7, 11) is 0. The Labute approximate surface area is 196 Å². The van der Waals surface area contributed by atoms with Gasteiger partial charge in [-0.1, -0.05) is 40.2 Å². The Kier molecular flexibility index (Phi) is 6.61. The summed E-state index contributed by atoms with van der Waals surface area (Å²) in [5.74, 6) is 1.53. The number of halogens is 1. The number of nitrogens with zero attached hydrogens (tertiary/aromatic N) is 2. The number of hydrogen-bond acceptors (Lipinski definition) is 3. The van der Waals surface area contributed by atoms with E-state index in [-0.39, 0.29) is 11.9 Å². The van der Waals surface area contributed by atoms with E-state index in [1.807, 2.05) is 55.5 Å². The Morgan fingerprint density at radius 1 is 1.06 bits per heavy atom. The van der Waals surface area contributed by atoms with E-state index in [9.17, 15) is 4.79 Å². The number of aromatic nitrogens is 2. The lowest BCUT2D eigenvalue weighted by atomic mass is 10.1. The van der Waals surface area contributed by atoms with Gasteiger partial charge in [0.2, 0.25) is 0 Å². The summed E-state index contributed by atoms with van der Waals surface area (Å²) in [6.07, 6.45) is 0. The third-order valence-corrected chi connectivity index (χ3v) is 6.06. The minimum atomic E-state index is -0.268. The normalized spacial score (nSPS) is 12.0. The molecular weight excluding hydrogens is 466 g/mol. The van der Waals surface area contributed by atoms with Gasteiger partial charge in [0.15, 0.2) is 0 Å². The maximum Gasteiger partial charge on any atom is 0.251 e. The van der Waals surface area contributed by atoms with Gasteiger partial charge in [-0.15, -0.1) is 0 Å². The summed E-state index contributed by atoms with van der Waals surface area (Å²) in [6.45, 7) is 7.26. The lowest BCUT2D eigenvalue weighted by Gasteiger charge is -2.17. The molecule has 3 aromatic carbocycles. The number of fused-ring (bicyclic) bond motifs is 1. The van der Waals surface area contributed by atoms with E-state index in [4.69, 9.17) is 9.72 Å². The average Bonchev–Trinajstić information content (AvgIpc) is 3.15. The number of amides is 1. The van der Waals surface area contributed by atoms with Gasteiger partial charge in [-0.2, -0.15) is 0 Å². The third kappa shape index (κ3) is 4.86. The van der Waals surface area contributed by atoms with E-state index in [1.54, 1.807) is 6.07 Å². The van der Waals surface area contributed by atoms with Crippen LogP contribution in [0.4, 0.5) is 0 Å². The SMILES string of the molecule is Cc1ccc(OCCn2c(C(C)NC(=O)c3cccc(Br)c3)nc3ccccc32)cc1C. The number of hydrogen-bond donors (Lipinski definition) is 1. The van der Waals surface area contributed by atoms with Crippen molar-refractivity contribution in [2.24, 2.45) is 0 Å². The molecule has 4 aromatic rings. The van der Waals surface area contributed by atoms with Crippen LogP contribution in [-0.4, -0.2) is 22.1 Å². The second-order valence-electron chi connectivity index (χ2n) is 7.91. The summed E-state index contributed by atoms with van der Waals surface area (Å²) in [6, 6.07) is 21.2. The van der Waals surface area contributed by atoms with Crippen LogP contribution in [0.3, 0.4) is 0 Å². The number of para-hydroxylation sites is 2. The molecule has 1 atom stereocenters. The Balaban J connectivity index is 1.54. The van der Waals surface area contributed by atoms with Gasteiger partial charge < -0.3 is 14.6 Å². The van der Waals surface area contributed by atoms with Crippen molar-refractivity contribution < 1.29 is 9.53 Å². The van der Waals surface area contributed by atoms with Gasteiger partial charge in [-0.3, -0.25) is 4.79 Å². The molecule has 32 heavy (non-hydrogen) atoms. The molecule has 164 valence electrons. The molecule has 1 heterocycles. The lowest BCUT2D eigenvalue weighted by molar-refractivity contribution is 0.0937. The van der Waals surface area contributed by atoms with E-state index < -0.39 is 0 Å². The number of imidazole rings is 1. The molecule has 1 N–H and O–H groups in total. The van der Waals surface area contributed by atoms with Crippen molar-refractivity contribution in [2.45, 2.75) is 33.4 Å². The van der Waals surface area contributed by atoms with Crippen LogP contribution in [0.1, 0.15) is 40.3 Å². The van der Waals surface area contributed by atoms with Crippen LogP contribution in [-0.2, 0) is 6.54 Å². The first-order valence-corrected chi connectivity index (χ1v) is 11.4. The number of carbonyl (C=O) groups excluding carboxylic acids is 1. The number of benzene rings is 3. The molecule has 0 spiro atoms. The van der Waals surface area contributed by atoms with E-state index >= 15 is 0 Å². The van der Waals surface area contributed by atoms with Crippen LogP contribution in [0, 0.1) is 13.8 Å². The summed E-state index contributed by atoms with van der Waals surface area (Å²) in [5, 5.41) is 3.08. The zero-order valence-electron chi connectivity index (χ0n) is 18.4. The van der Waals surface area contributed by atoms with Gasteiger partial charge >= 0.3 is 0 Å². The Hall–Kier alpha value is -3.12. The van der Waals surface area contributed by atoms with Gasteiger partial charge in [0.05, 0.1) is 23.6 Å². The van der Waals surface area contributed by atoms with Gasteiger partial charge in [-0.25, -0.2) is 4.98 Å². The number of aryl methyl sites for hydroxylation is 2. The lowest BCUT2D eigenvalue weighted by Crippen LogP contribution is -2.29. The molecule has 1 unspecified atom stereocenters. The molecule has 0 fully saturated rings. The third-order valence-electron chi connectivity index (χ3n) is 5.57. The first kappa shape index (κ1) is 22.1. The maximum atomic E-state index is 12.8. The largest absolute Gasteiger partial charge is 0.492 e. The second-order valence-corrected chi connectivity index (χ2v) is 8.83. The van der Waals surface area contributed by atoms with E-state index in [0.29, 0.717) is 18.7 Å². The molecule has 0 saturated carbocycles. The maximum absolute atomic E-state index is 12.8. The van der Waals surface area contributed by atoms with Gasteiger partial charge in [0.25, 0.3) is 5.91 Å². The molecule has 1 aromatic heterocycles. The quantitative estimate of drug-likeness (QED) is 0.345. The highest BCUT2D eigenvalue weighted by Crippen LogP contribution is 2.22. The van der Waals surface area contributed by atoms with E-state index in [0.717, 1.165) is 27.1 Å². The zero-order chi connectivity index (χ0) is 22.7. The predicted molar refractivity (Wildman–Crippen MR) is 131 cm³/mol. The first-order chi connectivity index (χ1) is 15.4. The summed E-state index contributed by atoms with van der Waals surface area (Å²) >= 11 is 3.42. The number of ether oxygens (including phenoxy) is 1. The fourth-order valence-corrected chi connectivity index (χ4v) is 4.09. The van der Waals surface area contributed by atoms with Crippen LogP contribution < -0.4 is 10.1 Å². The van der Waals surface area contributed by atoms with Gasteiger partial charge in [0, 0.05) is 10.0 Å². The Bertz CT molecular complexity index is 1270. The first-order valence-electron chi connectivity index (χ1n) is 10.6. The molecular formula is C26H26BrN3O2. The highest BCUT2D eigenvalue weighted by molar-refractivity contribution is 9.10. The van der Waals surface area contributed by atoms with Crippen LogP contribution >= 0.6 is 15.9 Å². The molecule has 0 aliphatic carbocycles.